The number of thiol groups is 1. The van der Waals surface area contributed by atoms with E-state index < -0.39 is 5.00 Å². The van der Waals surface area contributed by atoms with Crippen LogP contribution in [-0.4, -0.2) is 23.5 Å². The van der Waals surface area contributed by atoms with Crippen LogP contribution >= 0.6 is 12.6 Å². The minimum absolute atomic E-state index is 0.451. The number of nitrogens with zero attached hydrogens (tertiary/aromatic N) is 1. The molecule has 0 fully saturated rings. The van der Waals surface area contributed by atoms with Crippen molar-refractivity contribution in [3.63, 3.8) is 0 Å². The second-order valence-corrected chi connectivity index (χ2v) is 5.42. The maximum Gasteiger partial charge on any atom is 0.152 e. The molecular weight excluding hydrogens is 233 g/mol. The Kier molecular flexibility index (Phi) is 7.60. The molecule has 100 valence electrons. The molecule has 0 radical (unpaired) electrons. The first-order valence-corrected chi connectivity index (χ1v) is 6.82. The summed E-state index contributed by atoms with van der Waals surface area (Å²) in [6.45, 7) is 8.36. The minimum Gasteiger partial charge on any atom is -0.378 e. The van der Waals surface area contributed by atoms with Gasteiger partial charge in [-0.25, -0.2) is 4.39 Å². The lowest BCUT2D eigenvalue weighted by Gasteiger charge is -2.26. The van der Waals surface area contributed by atoms with Crippen molar-refractivity contribution in [2.24, 2.45) is 0 Å². The lowest BCUT2D eigenvalue weighted by molar-refractivity contribution is 0.261. The van der Waals surface area contributed by atoms with Gasteiger partial charge in [0.1, 0.15) is 0 Å². The highest BCUT2D eigenvalue weighted by atomic mass is 32.1. The molecule has 1 aliphatic carbocycles. The highest BCUT2D eigenvalue weighted by Crippen LogP contribution is 2.23. The average Bonchev–Trinajstić information content (AvgIpc) is 2.29. The zero-order chi connectivity index (χ0) is 13.5. The Morgan fingerprint density at radius 2 is 1.94 bits per heavy atom. The first kappa shape index (κ1) is 16.6. The summed E-state index contributed by atoms with van der Waals surface area (Å²) >= 11 is 3.88. The van der Waals surface area contributed by atoms with E-state index in [1.807, 2.05) is 20.9 Å². The monoisotopic (exact) mass is 259 g/mol. The molecule has 0 aromatic rings. The zero-order valence-corrected chi connectivity index (χ0v) is 12.6. The fourth-order valence-corrected chi connectivity index (χ4v) is 1.66. The van der Waals surface area contributed by atoms with E-state index in [9.17, 15) is 4.39 Å². The van der Waals surface area contributed by atoms with Gasteiger partial charge in [-0.3, -0.25) is 0 Å². The molecular formula is C14H26FNS. The molecule has 1 unspecified atom stereocenters. The van der Waals surface area contributed by atoms with Crippen LogP contribution in [-0.2, 0) is 0 Å². The van der Waals surface area contributed by atoms with Gasteiger partial charge in [0, 0.05) is 25.7 Å². The second-order valence-electron chi connectivity index (χ2n) is 4.48. The van der Waals surface area contributed by atoms with Gasteiger partial charge in [-0.05, 0) is 32.8 Å². The van der Waals surface area contributed by atoms with Gasteiger partial charge in [0.25, 0.3) is 0 Å². The van der Waals surface area contributed by atoms with Crippen LogP contribution in [0.25, 0.3) is 0 Å². The Morgan fingerprint density at radius 3 is 2.35 bits per heavy atom. The van der Waals surface area contributed by atoms with Gasteiger partial charge in [0.2, 0.25) is 0 Å². The van der Waals surface area contributed by atoms with Crippen LogP contribution in [0.15, 0.2) is 23.4 Å². The lowest BCUT2D eigenvalue weighted by atomic mass is 10.0. The minimum atomic E-state index is -1.37. The number of allylic oxidation sites excluding steroid dienone is 4. The summed E-state index contributed by atoms with van der Waals surface area (Å²) in [5.74, 6) is 0. The van der Waals surface area contributed by atoms with E-state index in [0.717, 1.165) is 19.4 Å². The highest BCUT2D eigenvalue weighted by Gasteiger charge is 2.18. The van der Waals surface area contributed by atoms with Crippen molar-refractivity contribution in [2.75, 3.05) is 13.6 Å². The molecule has 0 saturated carbocycles. The lowest BCUT2D eigenvalue weighted by Crippen LogP contribution is -2.24. The van der Waals surface area contributed by atoms with E-state index in [-0.39, 0.29) is 0 Å². The van der Waals surface area contributed by atoms with Gasteiger partial charge >= 0.3 is 0 Å². The van der Waals surface area contributed by atoms with E-state index in [1.54, 1.807) is 0 Å². The third-order valence-corrected chi connectivity index (χ3v) is 2.95. The molecule has 0 aliphatic heterocycles. The molecule has 0 aromatic heterocycles. The van der Waals surface area contributed by atoms with Gasteiger partial charge in [0.05, 0.1) is 0 Å². The number of rotatable bonds is 4. The van der Waals surface area contributed by atoms with Crippen molar-refractivity contribution in [1.29, 1.82) is 0 Å². The van der Waals surface area contributed by atoms with Crippen LogP contribution in [0.4, 0.5) is 4.39 Å². The zero-order valence-electron chi connectivity index (χ0n) is 11.8. The van der Waals surface area contributed by atoms with Gasteiger partial charge in [-0.1, -0.05) is 25.5 Å². The largest absolute Gasteiger partial charge is 0.378 e. The van der Waals surface area contributed by atoms with E-state index in [4.69, 9.17) is 0 Å². The van der Waals surface area contributed by atoms with Gasteiger partial charge < -0.3 is 4.90 Å². The predicted molar refractivity (Wildman–Crippen MR) is 78.2 cm³/mol. The van der Waals surface area contributed by atoms with E-state index in [1.165, 1.54) is 18.2 Å². The van der Waals surface area contributed by atoms with Crippen molar-refractivity contribution >= 4 is 12.6 Å². The number of hydrogen-bond donors (Lipinski definition) is 1. The van der Waals surface area contributed by atoms with Gasteiger partial charge in [-0.2, -0.15) is 0 Å². The Bertz CT molecular complexity index is 276. The van der Waals surface area contributed by atoms with Gasteiger partial charge in [-0.15, -0.1) is 12.6 Å². The van der Waals surface area contributed by atoms with Crippen LogP contribution in [0.5, 0.6) is 0 Å². The van der Waals surface area contributed by atoms with Crippen LogP contribution < -0.4 is 0 Å². The summed E-state index contributed by atoms with van der Waals surface area (Å²) in [6, 6.07) is 0. The predicted octanol–water partition coefficient (Wildman–Crippen LogP) is 4.57. The number of hydrogen-bond acceptors (Lipinski definition) is 2. The van der Waals surface area contributed by atoms with Crippen LogP contribution in [0.1, 0.15) is 47.0 Å². The van der Waals surface area contributed by atoms with Crippen molar-refractivity contribution in [3.05, 3.63) is 23.4 Å². The molecule has 1 atom stereocenters. The van der Waals surface area contributed by atoms with Crippen molar-refractivity contribution < 1.29 is 4.39 Å². The van der Waals surface area contributed by atoms with Crippen molar-refractivity contribution in [1.82, 2.24) is 4.90 Å². The quantitative estimate of drug-likeness (QED) is 0.724. The van der Waals surface area contributed by atoms with Crippen LogP contribution in [0, 0.1) is 0 Å². The maximum absolute atomic E-state index is 13.2. The maximum atomic E-state index is 13.2. The topological polar surface area (TPSA) is 3.24 Å². The molecule has 17 heavy (non-hydrogen) atoms. The average molecular weight is 259 g/mol. The Balaban J connectivity index is 0.00000121. The molecule has 3 heteroatoms. The molecule has 0 aromatic carbocycles. The summed E-state index contributed by atoms with van der Waals surface area (Å²) in [7, 11) is 2.01. The highest BCUT2D eigenvalue weighted by molar-refractivity contribution is 7.81. The third kappa shape index (κ3) is 7.48. The summed E-state index contributed by atoms with van der Waals surface area (Å²) in [6.07, 6.45) is 6.91. The molecule has 0 N–H and O–H groups in total. The molecule has 0 spiro atoms. The molecule has 1 rings (SSSR count). The first-order chi connectivity index (χ1) is 7.88. The van der Waals surface area contributed by atoms with E-state index >= 15 is 0 Å². The molecule has 0 bridgehead atoms. The fourth-order valence-electron chi connectivity index (χ4n) is 1.56. The molecule has 0 saturated heterocycles. The SMILES string of the molecule is CC.CC1=CC=C(N(C)CCC(C)(F)S)CC1. The molecule has 1 aliphatic rings. The standard InChI is InChI=1S/C12H20FNS.C2H6/c1-10-4-6-11(7-5-10)14(3)9-8-12(2,13)15;1-2/h4,6,15H,5,7-9H2,1-3H3;1-2H3. The Hall–Kier alpha value is -0.440. The Morgan fingerprint density at radius 1 is 1.35 bits per heavy atom. The molecule has 1 nitrogen and oxygen atoms in total. The van der Waals surface area contributed by atoms with Crippen LogP contribution in [0.3, 0.4) is 0 Å². The summed E-state index contributed by atoms with van der Waals surface area (Å²) in [5, 5.41) is -1.37. The van der Waals surface area contributed by atoms with Crippen molar-refractivity contribution in [2.45, 2.75) is 52.0 Å². The van der Waals surface area contributed by atoms with E-state index in [2.05, 4.69) is 36.6 Å². The van der Waals surface area contributed by atoms with Gasteiger partial charge in [0.15, 0.2) is 5.00 Å². The summed E-state index contributed by atoms with van der Waals surface area (Å²) in [4.78, 5) is 2.12. The molecule has 0 amide bonds. The third-order valence-electron chi connectivity index (χ3n) is 2.73. The Labute approximate surface area is 111 Å². The van der Waals surface area contributed by atoms with Crippen molar-refractivity contribution in [3.8, 4) is 0 Å². The number of alkyl halides is 1. The van der Waals surface area contributed by atoms with E-state index in [0.29, 0.717) is 6.42 Å². The van der Waals surface area contributed by atoms with Crippen LogP contribution in [0.2, 0.25) is 0 Å². The first-order valence-electron chi connectivity index (χ1n) is 6.37. The second kappa shape index (κ2) is 7.80. The smallest absolute Gasteiger partial charge is 0.152 e. The molecule has 0 heterocycles. The fraction of sp³-hybridized carbons (Fsp3) is 0.714. The summed E-state index contributed by atoms with van der Waals surface area (Å²) in [5.41, 5.74) is 2.70. The number of halogens is 1. The summed E-state index contributed by atoms with van der Waals surface area (Å²) < 4.78 is 13.2. The normalized spacial score (nSPS) is 18.3.